The quantitative estimate of drug-likeness (QED) is 0.688. The molecule has 1 atom stereocenters. The van der Waals surface area contributed by atoms with Gasteiger partial charge in [0.15, 0.2) is 0 Å². The zero-order chi connectivity index (χ0) is 19.7. The molecular formula is C20H22N6O2. The summed E-state index contributed by atoms with van der Waals surface area (Å²) in [5, 5.41) is 3.99. The van der Waals surface area contributed by atoms with E-state index in [1.165, 1.54) is 0 Å². The van der Waals surface area contributed by atoms with Crippen LogP contribution in [0.2, 0.25) is 0 Å². The number of hydrogen-bond donors (Lipinski definition) is 0. The summed E-state index contributed by atoms with van der Waals surface area (Å²) in [4.78, 5) is 31.9. The fraction of sp³-hybridized carbons (Fsp3) is 0.400. The molecule has 0 radical (unpaired) electrons. The van der Waals surface area contributed by atoms with E-state index in [0.717, 1.165) is 53.5 Å². The fourth-order valence-electron chi connectivity index (χ4n) is 3.62. The molecule has 28 heavy (non-hydrogen) atoms. The zero-order valence-corrected chi connectivity index (χ0v) is 16.2. The van der Waals surface area contributed by atoms with E-state index < -0.39 is 0 Å². The lowest BCUT2D eigenvalue weighted by Crippen LogP contribution is -2.29. The monoisotopic (exact) mass is 378 g/mol. The van der Waals surface area contributed by atoms with Gasteiger partial charge in [-0.2, -0.15) is 0 Å². The summed E-state index contributed by atoms with van der Waals surface area (Å²) in [7, 11) is 0. The number of rotatable bonds is 4. The Morgan fingerprint density at radius 3 is 2.75 bits per heavy atom. The van der Waals surface area contributed by atoms with E-state index in [4.69, 9.17) is 9.51 Å². The van der Waals surface area contributed by atoms with Crippen molar-refractivity contribution >= 4 is 5.91 Å². The van der Waals surface area contributed by atoms with Crippen LogP contribution < -0.4 is 0 Å². The summed E-state index contributed by atoms with van der Waals surface area (Å²) in [6.45, 7) is 7.03. The van der Waals surface area contributed by atoms with Gasteiger partial charge in [0, 0.05) is 25.5 Å². The number of nitrogens with zero attached hydrogens (tertiary/aromatic N) is 6. The van der Waals surface area contributed by atoms with E-state index in [-0.39, 0.29) is 5.91 Å². The lowest BCUT2D eigenvalue weighted by atomic mass is 10.0. The average molecular weight is 378 g/mol. The third-order valence-electron chi connectivity index (χ3n) is 5.04. The molecule has 0 spiro atoms. The third-order valence-corrected chi connectivity index (χ3v) is 5.04. The van der Waals surface area contributed by atoms with Crippen molar-refractivity contribution in [3.63, 3.8) is 0 Å². The molecule has 0 aromatic carbocycles. The highest BCUT2D eigenvalue weighted by atomic mass is 16.5. The Kier molecular flexibility index (Phi) is 4.85. The van der Waals surface area contributed by atoms with Crippen LogP contribution in [0.25, 0.3) is 11.3 Å². The minimum absolute atomic E-state index is 0.0643. The van der Waals surface area contributed by atoms with Crippen molar-refractivity contribution in [1.82, 2.24) is 30.0 Å². The first-order valence-electron chi connectivity index (χ1n) is 9.33. The van der Waals surface area contributed by atoms with Gasteiger partial charge in [-0.25, -0.2) is 9.97 Å². The van der Waals surface area contributed by atoms with Crippen molar-refractivity contribution in [2.45, 2.75) is 33.6 Å². The highest BCUT2D eigenvalue weighted by molar-refractivity contribution is 5.92. The molecule has 1 aliphatic rings. The van der Waals surface area contributed by atoms with Crippen molar-refractivity contribution in [3.8, 4) is 11.3 Å². The molecular weight excluding hydrogens is 356 g/mol. The van der Waals surface area contributed by atoms with E-state index in [1.54, 1.807) is 24.8 Å². The second kappa shape index (κ2) is 7.46. The Morgan fingerprint density at radius 1 is 1.18 bits per heavy atom. The van der Waals surface area contributed by atoms with E-state index in [0.29, 0.717) is 18.2 Å². The molecule has 3 aromatic rings. The van der Waals surface area contributed by atoms with Gasteiger partial charge >= 0.3 is 0 Å². The number of hydrogen-bond acceptors (Lipinski definition) is 7. The summed E-state index contributed by atoms with van der Waals surface area (Å²) in [5.74, 6) is 1.02. The van der Waals surface area contributed by atoms with Gasteiger partial charge in [0.25, 0.3) is 5.91 Å². The zero-order valence-electron chi connectivity index (χ0n) is 16.2. The molecule has 1 fully saturated rings. The van der Waals surface area contributed by atoms with Crippen molar-refractivity contribution < 1.29 is 9.32 Å². The summed E-state index contributed by atoms with van der Waals surface area (Å²) in [6, 6.07) is 0. The minimum Gasteiger partial charge on any atom is -0.361 e. The van der Waals surface area contributed by atoms with Gasteiger partial charge in [-0.3, -0.25) is 14.8 Å². The van der Waals surface area contributed by atoms with Crippen LogP contribution in [0, 0.1) is 26.7 Å². The van der Waals surface area contributed by atoms with Crippen LogP contribution in [0.1, 0.15) is 39.8 Å². The van der Waals surface area contributed by atoms with Gasteiger partial charge in [0.1, 0.15) is 11.5 Å². The topological polar surface area (TPSA) is 97.9 Å². The van der Waals surface area contributed by atoms with E-state index >= 15 is 0 Å². The Hall–Kier alpha value is -3.16. The van der Waals surface area contributed by atoms with Gasteiger partial charge in [-0.15, -0.1) is 0 Å². The molecule has 0 bridgehead atoms. The van der Waals surface area contributed by atoms with Gasteiger partial charge in [-0.05, 0) is 39.5 Å². The molecule has 1 unspecified atom stereocenters. The molecule has 144 valence electrons. The van der Waals surface area contributed by atoms with Crippen LogP contribution in [0.4, 0.5) is 0 Å². The maximum atomic E-state index is 12.6. The standard InChI is InChI=1S/C20H22N6O2/c1-12-7-23-18(10-22-12)20(27)26-5-4-15(11-26)6-16-8-21-9-17(24-16)19-13(2)25-28-14(19)3/h7-10,15H,4-6,11H2,1-3H3. The first kappa shape index (κ1) is 18.2. The van der Waals surface area contributed by atoms with Crippen LogP contribution in [-0.4, -0.2) is 49.0 Å². The number of aryl methyl sites for hydroxylation is 3. The smallest absolute Gasteiger partial charge is 0.274 e. The molecule has 8 heteroatoms. The summed E-state index contributed by atoms with van der Waals surface area (Å²) >= 11 is 0. The minimum atomic E-state index is -0.0643. The van der Waals surface area contributed by atoms with Crippen LogP contribution in [0.3, 0.4) is 0 Å². The van der Waals surface area contributed by atoms with E-state index in [9.17, 15) is 4.79 Å². The molecule has 0 saturated carbocycles. The highest BCUT2D eigenvalue weighted by Gasteiger charge is 2.28. The second-order valence-corrected chi connectivity index (χ2v) is 7.25. The number of amides is 1. The largest absolute Gasteiger partial charge is 0.361 e. The SMILES string of the molecule is Cc1cnc(C(=O)N2CCC(Cc3cncc(-c4c(C)noc4C)n3)C2)cn1. The molecule has 4 heterocycles. The summed E-state index contributed by atoms with van der Waals surface area (Å²) in [5.41, 5.74) is 4.58. The molecule has 3 aromatic heterocycles. The van der Waals surface area contributed by atoms with Crippen molar-refractivity contribution in [3.05, 3.63) is 53.3 Å². The van der Waals surface area contributed by atoms with E-state index in [1.807, 2.05) is 25.7 Å². The average Bonchev–Trinajstić information content (AvgIpc) is 3.28. The van der Waals surface area contributed by atoms with Crippen molar-refractivity contribution in [2.75, 3.05) is 13.1 Å². The van der Waals surface area contributed by atoms with Crippen molar-refractivity contribution in [2.24, 2.45) is 5.92 Å². The Balaban J connectivity index is 1.44. The number of aromatic nitrogens is 5. The van der Waals surface area contributed by atoms with Gasteiger partial charge in [-0.1, -0.05) is 5.16 Å². The molecule has 0 aliphatic carbocycles. The summed E-state index contributed by atoms with van der Waals surface area (Å²) < 4.78 is 5.24. The molecule has 1 saturated heterocycles. The molecule has 1 amide bonds. The Bertz CT molecular complexity index is 979. The van der Waals surface area contributed by atoms with Gasteiger partial charge in [0.05, 0.1) is 40.7 Å². The van der Waals surface area contributed by atoms with E-state index in [2.05, 4.69) is 20.1 Å². The lowest BCUT2D eigenvalue weighted by molar-refractivity contribution is 0.0780. The predicted octanol–water partition coefficient (Wildman–Crippen LogP) is 2.55. The maximum absolute atomic E-state index is 12.6. The molecule has 4 rings (SSSR count). The lowest BCUT2D eigenvalue weighted by Gasteiger charge is -2.16. The van der Waals surface area contributed by atoms with Crippen LogP contribution in [0.5, 0.6) is 0 Å². The first-order chi connectivity index (χ1) is 13.5. The number of carbonyl (C=O) groups excluding carboxylic acids is 1. The Labute approximate surface area is 163 Å². The van der Waals surface area contributed by atoms with Crippen LogP contribution >= 0.6 is 0 Å². The van der Waals surface area contributed by atoms with Crippen molar-refractivity contribution in [1.29, 1.82) is 0 Å². The maximum Gasteiger partial charge on any atom is 0.274 e. The number of carbonyl (C=O) groups is 1. The van der Waals surface area contributed by atoms with Crippen LogP contribution in [-0.2, 0) is 6.42 Å². The number of likely N-dealkylation sites (tertiary alicyclic amines) is 1. The molecule has 8 nitrogen and oxygen atoms in total. The van der Waals surface area contributed by atoms with Gasteiger partial charge < -0.3 is 9.42 Å². The van der Waals surface area contributed by atoms with Gasteiger partial charge in [0.2, 0.25) is 0 Å². The molecule has 0 N–H and O–H groups in total. The molecule has 1 aliphatic heterocycles. The Morgan fingerprint density at radius 2 is 2.04 bits per heavy atom. The summed E-state index contributed by atoms with van der Waals surface area (Å²) in [6.07, 6.45) is 8.39. The highest BCUT2D eigenvalue weighted by Crippen LogP contribution is 2.26. The normalized spacial score (nSPS) is 16.5. The fourth-order valence-corrected chi connectivity index (χ4v) is 3.62. The second-order valence-electron chi connectivity index (χ2n) is 7.25. The third kappa shape index (κ3) is 3.62. The van der Waals surface area contributed by atoms with Crippen LogP contribution in [0.15, 0.2) is 29.3 Å². The first-order valence-corrected chi connectivity index (χ1v) is 9.33. The predicted molar refractivity (Wildman–Crippen MR) is 101 cm³/mol.